The minimum Gasteiger partial charge on any atom is -0.310 e. The van der Waals surface area contributed by atoms with Gasteiger partial charge in [-0.3, -0.25) is 0 Å². The van der Waals surface area contributed by atoms with Crippen LogP contribution in [0.3, 0.4) is 0 Å². The minimum absolute atomic E-state index is 0.439. The van der Waals surface area contributed by atoms with Crippen LogP contribution in [0.25, 0.3) is 0 Å². The van der Waals surface area contributed by atoms with Gasteiger partial charge in [-0.25, -0.2) is 0 Å². The molecule has 0 aromatic carbocycles. The van der Waals surface area contributed by atoms with Gasteiger partial charge in [0.1, 0.15) is 0 Å². The Morgan fingerprint density at radius 1 is 1.50 bits per heavy atom. The highest BCUT2D eigenvalue weighted by molar-refractivity contribution is 6.25. The van der Waals surface area contributed by atoms with E-state index in [9.17, 15) is 0 Å². The molecule has 0 aliphatic heterocycles. The molecule has 0 radical (unpaired) electrons. The van der Waals surface area contributed by atoms with Gasteiger partial charge in [-0.1, -0.05) is 18.5 Å². The summed E-state index contributed by atoms with van der Waals surface area (Å²) in [5.41, 5.74) is 2.75. The van der Waals surface area contributed by atoms with E-state index in [-0.39, 0.29) is 0 Å². The first-order chi connectivity index (χ1) is 5.61. The lowest BCUT2D eigenvalue weighted by Gasteiger charge is -2.18. The average Bonchev–Trinajstić information content (AvgIpc) is 2.11. The lowest BCUT2D eigenvalue weighted by atomic mass is 10.1. The molecule has 12 heavy (non-hydrogen) atoms. The molecule has 0 saturated heterocycles. The summed E-state index contributed by atoms with van der Waals surface area (Å²) < 4.78 is 0. The molecule has 3 heteroatoms. The van der Waals surface area contributed by atoms with E-state index < -0.39 is 0 Å². The quantitative estimate of drug-likeness (QED) is 0.688. The summed E-state index contributed by atoms with van der Waals surface area (Å²) in [6.45, 7) is 7.10. The molecule has 0 amide bonds. The van der Waals surface area contributed by atoms with Crippen molar-refractivity contribution in [1.82, 2.24) is 5.32 Å². The van der Waals surface area contributed by atoms with Gasteiger partial charge in [-0.05, 0) is 25.3 Å². The van der Waals surface area contributed by atoms with Crippen molar-refractivity contribution in [2.45, 2.75) is 26.8 Å². The van der Waals surface area contributed by atoms with Gasteiger partial charge >= 0.3 is 0 Å². The Bertz CT molecular complexity index is 145. The van der Waals surface area contributed by atoms with E-state index >= 15 is 0 Å². The molecule has 0 rings (SSSR count). The van der Waals surface area contributed by atoms with Crippen LogP contribution in [0, 0.1) is 5.92 Å². The maximum atomic E-state index is 5.72. The zero-order chi connectivity index (χ0) is 9.56. The molecule has 2 atom stereocenters. The summed E-state index contributed by atoms with van der Waals surface area (Å²) in [6.07, 6.45) is 0. The summed E-state index contributed by atoms with van der Waals surface area (Å²) in [5.74, 6) is 1.19. The van der Waals surface area contributed by atoms with Gasteiger partial charge < -0.3 is 5.32 Å². The average molecular weight is 210 g/mol. The smallest absolute Gasteiger partial charge is 0.0263 e. The minimum atomic E-state index is 0.439. The SMILES string of the molecule is CC(=CCl)CNC(C)C(C)CCl. The Morgan fingerprint density at radius 3 is 2.50 bits per heavy atom. The van der Waals surface area contributed by atoms with E-state index in [1.165, 1.54) is 0 Å². The van der Waals surface area contributed by atoms with E-state index in [4.69, 9.17) is 23.2 Å². The molecule has 1 N–H and O–H groups in total. The predicted octanol–water partition coefficient (Wildman–Crippen LogP) is 2.98. The van der Waals surface area contributed by atoms with Gasteiger partial charge in [0.15, 0.2) is 0 Å². The van der Waals surface area contributed by atoms with Crippen molar-refractivity contribution in [2.75, 3.05) is 12.4 Å². The normalized spacial score (nSPS) is 17.6. The first kappa shape index (κ1) is 12.3. The topological polar surface area (TPSA) is 12.0 Å². The predicted molar refractivity (Wildman–Crippen MR) is 57.0 cm³/mol. The van der Waals surface area contributed by atoms with Crippen LogP contribution in [0.2, 0.25) is 0 Å². The van der Waals surface area contributed by atoms with Crippen molar-refractivity contribution in [3.63, 3.8) is 0 Å². The second-order valence-corrected chi connectivity index (χ2v) is 3.78. The maximum absolute atomic E-state index is 5.72. The van der Waals surface area contributed by atoms with Gasteiger partial charge in [-0.15, -0.1) is 11.6 Å². The monoisotopic (exact) mass is 209 g/mol. The van der Waals surface area contributed by atoms with Crippen LogP contribution in [0.5, 0.6) is 0 Å². The molecular formula is C9H17Cl2N. The van der Waals surface area contributed by atoms with Gasteiger partial charge in [0, 0.05) is 24.0 Å². The van der Waals surface area contributed by atoms with Crippen LogP contribution in [0.1, 0.15) is 20.8 Å². The molecule has 0 bridgehead atoms. The third-order valence-corrected chi connectivity index (χ3v) is 2.85. The number of nitrogens with one attached hydrogen (secondary N) is 1. The molecule has 0 aliphatic rings. The van der Waals surface area contributed by atoms with Crippen LogP contribution in [-0.4, -0.2) is 18.5 Å². The molecule has 0 heterocycles. The van der Waals surface area contributed by atoms with E-state index in [0.717, 1.165) is 12.1 Å². The lowest BCUT2D eigenvalue weighted by Crippen LogP contribution is -2.33. The number of halogens is 2. The molecule has 0 fully saturated rings. The second-order valence-electron chi connectivity index (χ2n) is 3.26. The van der Waals surface area contributed by atoms with Crippen molar-refractivity contribution >= 4 is 23.2 Å². The van der Waals surface area contributed by atoms with Gasteiger partial charge in [0.05, 0.1) is 0 Å². The molecule has 0 aromatic heterocycles. The number of hydrogen-bond donors (Lipinski definition) is 1. The highest BCUT2D eigenvalue weighted by Crippen LogP contribution is 2.05. The largest absolute Gasteiger partial charge is 0.310 e. The van der Waals surface area contributed by atoms with E-state index in [1.54, 1.807) is 5.54 Å². The molecule has 0 aliphatic carbocycles. The van der Waals surface area contributed by atoms with Crippen LogP contribution in [0.15, 0.2) is 11.1 Å². The fourth-order valence-electron chi connectivity index (χ4n) is 0.695. The zero-order valence-corrected chi connectivity index (χ0v) is 9.41. The lowest BCUT2D eigenvalue weighted by molar-refractivity contribution is 0.445. The Kier molecular flexibility index (Phi) is 6.92. The zero-order valence-electron chi connectivity index (χ0n) is 7.90. The second kappa shape index (κ2) is 6.76. The van der Waals surface area contributed by atoms with E-state index in [2.05, 4.69) is 19.2 Å². The van der Waals surface area contributed by atoms with E-state index in [1.807, 2.05) is 6.92 Å². The number of alkyl halides is 1. The van der Waals surface area contributed by atoms with Gasteiger partial charge in [-0.2, -0.15) is 0 Å². The molecule has 0 spiro atoms. The molecular weight excluding hydrogens is 193 g/mol. The van der Waals surface area contributed by atoms with Gasteiger partial charge in [0.2, 0.25) is 0 Å². The van der Waals surface area contributed by atoms with Crippen molar-refractivity contribution in [2.24, 2.45) is 5.92 Å². The van der Waals surface area contributed by atoms with Crippen molar-refractivity contribution in [3.05, 3.63) is 11.1 Å². The Labute approximate surface area is 85.1 Å². The Hall–Kier alpha value is 0.280. The van der Waals surface area contributed by atoms with E-state index in [0.29, 0.717) is 17.8 Å². The van der Waals surface area contributed by atoms with Crippen molar-refractivity contribution in [1.29, 1.82) is 0 Å². The number of hydrogen-bond acceptors (Lipinski definition) is 1. The summed E-state index contributed by atoms with van der Waals surface area (Å²) in [6, 6.07) is 0.439. The third kappa shape index (κ3) is 5.02. The number of rotatable bonds is 5. The van der Waals surface area contributed by atoms with Crippen molar-refractivity contribution < 1.29 is 0 Å². The summed E-state index contributed by atoms with van der Waals surface area (Å²) in [7, 11) is 0. The van der Waals surface area contributed by atoms with Crippen LogP contribution in [-0.2, 0) is 0 Å². The standard InChI is InChI=1S/C9H17Cl2N/c1-7(4-10)6-12-9(3)8(2)5-11/h4,8-9,12H,5-6H2,1-3H3. The summed E-state index contributed by atoms with van der Waals surface area (Å²) in [4.78, 5) is 0. The molecule has 2 unspecified atom stereocenters. The van der Waals surface area contributed by atoms with Gasteiger partial charge in [0.25, 0.3) is 0 Å². The first-order valence-electron chi connectivity index (χ1n) is 4.17. The highest BCUT2D eigenvalue weighted by atomic mass is 35.5. The molecule has 1 nitrogen and oxygen atoms in total. The summed E-state index contributed by atoms with van der Waals surface area (Å²) in [5, 5.41) is 3.35. The fraction of sp³-hybridized carbons (Fsp3) is 0.778. The third-order valence-electron chi connectivity index (χ3n) is 1.99. The first-order valence-corrected chi connectivity index (χ1v) is 5.14. The highest BCUT2D eigenvalue weighted by Gasteiger charge is 2.09. The summed E-state index contributed by atoms with van der Waals surface area (Å²) >= 11 is 11.2. The maximum Gasteiger partial charge on any atom is 0.0263 e. The van der Waals surface area contributed by atoms with Crippen LogP contribution < -0.4 is 5.32 Å². The fourth-order valence-corrected chi connectivity index (χ4v) is 1.04. The van der Waals surface area contributed by atoms with Crippen LogP contribution >= 0.6 is 23.2 Å². The van der Waals surface area contributed by atoms with Crippen LogP contribution in [0.4, 0.5) is 0 Å². The Morgan fingerprint density at radius 2 is 2.08 bits per heavy atom. The molecule has 0 aromatic rings. The molecule has 72 valence electrons. The molecule has 0 saturated carbocycles. The Balaban J connectivity index is 3.63. The van der Waals surface area contributed by atoms with Crippen molar-refractivity contribution in [3.8, 4) is 0 Å².